The molecule has 0 radical (unpaired) electrons. The van der Waals surface area contributed by atoms with Crippen molar-refractivity contribution in [2.45, 2.75) is 40.2 Å². The van der Waals surface area contributed by atoms with Crippen molar-refractivity contribution in [2.24, 2.45) is 0 Å². The Kier molecular flexibility index (Phi) is 4.46. The quantitative estimate of drug-likeness (QED) is 0.674. The maximum absolute atomic E-state index is 3.36. The molecule has 1 N–H and O–H groups in total. The summed E-state index contributed by atoms with van der Waals surface area (Å²) >= 11 is 1.95. The summed E-state index contributed by atoms with van der Waals surface area (Å²) in [5.74, 6) is 0. The van der Waals surface area contributed by atoms with E-state index in [4.69, 9.17) is 0 Å². The van der Waals surface area contributed by atoms with E-state index in [0.29, 0.717) is 0 Å². The van der Waals surface area contributed by atoms with Crippen LogP contribution in [0.3, 0.4) is 0 Å². The van der Waals surface area contributed by atoms with Gasteiger partial charge < -0.3 is 5.32 Å². The average molecular weight is 197 g/mol. The molecule has 0 saturated carbocycles. The summed E-state index contributed by atoms with van der Waals surface area (Å²) in [5.41, 5.74) is 1.52. The van der Waals surface area contributed by atoms with Gasteiger partial charge in [0.2, 0.25) is 0 Å². The van der Waals surface area contributed by atoms with Crippen LogP contribution in [0.1, 0.15) is 35.6 Å². The van der Waals surface area contributed by atoms with Crippen molar-refractivity contribution >= 4 is 11.3 Å². The van der Waals surface area contributed by atoms with Crippen LogP contribution in [0.25, 0.3) is 0 Å². The normalized spacial score (nSPS) is 14.4. The van der Waals surface area contributed by atoms with Gasteiger partial charge in [0.1, 0.15) is 0 Å². The summed E-state index contributed by atoms with van der Waals surface area (Å²) in [5, 5.41) is 3.36. The SMILES string of the molecule is CCC.Cc1cc2c(s1)CCNC2. The average Bonchev–Trinajstić information content (AvgIpc) is 2.45. The molecule has 0 fully saturated rings. The summed E-state index contributed by atoms with van der Waals surface area (Å²) in [4.78, 5) is 3.05. The Hall–Kier alpha value is -0.340. The molecule has 1 nitrogen and oxygen atoms in total. The number of nitrogens with one attached hydrogen (secondary N) is 1. The van der Waals surface area contributed by atoms with Crippen molar-refractivity contribution in [3.8, 4) is 0 Å². The maximum Gasteiger partial charge on any atom is 0.0216 e. The van der Waals surface area contributed by atoms with E-state index in [2.05, 4.69) is 32.2 Å². The van der Waals surface area contributed by atoms with Crippen LogP contribution >= 0.6 is 11.3 Å². The third-order valence-corrected chi connectivity index (χ3v) is 3.02. The van der Waals surface area contributed by atoms with Crippen LogP contribution in [0.5, 0.6) is 0 Å². The summed E-state index contributed by atoms with van der Waals surface area (Å²) in [6, 6.07) is 2.30. The van der Waals surface area contributed by atoms with Crippen LogP contribution in [-0.2, 0) is 13.0 Å². The topological polar surface area (TPSA) is 12.0 Å². The van der Waals surface area contributed by atoms with Crippen LogP contribution in [0.15, 0.2) is 6.07 Å². The van der Waals surface area contributed by atoms with Crippen molar-refractivity contribution in [3.63, 3.8) is 0 Å². The van der Waals surface area contributed by atoms with Gasteiger partial charge in [0, 0.05) is 22.8 Å². The molecule has 0 spiro atoms. The second-order valence-electron chi connectivity index (χ2n) is 3.44. The zero-order valence-corrected chi connectivity index (χ0v) is 9.63. The molecule has 13 heavy (non-hydrogen) atoms. The van der Waals surface area contributed by atoms with Gasteiger partial charge >= 0.3 is 0 Å². The Morgan fingerprint density at radius 3 is 2.77 bits per heavy atom. The molecular weight excluding hydrogens is 178 g/mol. The third-order valence-electron chi connectivity index (χ3n) is 1.86. The van der Waals surface area contributed by atoms with Crippen LogP contribution in [0, 0.1) is 6.92 Å². The molecule has 0 unspecified atom stereocenters. The van der Waals surface area contributed by atoms with Gasteiger partial charge in [0.25, 0.3) is 0 Å². The van der Waals surface area contributed by atoms with E-state index >= 15 is 0 Å². The first kappa shape index (κ1) is 10.7. The highest BCUT2D eigenvalue weighted by molar-refractivity contribution is 7.12. The fourth-order valence-electron chi connectivity index (χ4n) is 1.40. The minimum Gasteiger partial charge on any atom is -0.312 e. The molecule has 0 aromatic carbocycles. The second-order valence-corrected chi connectivity index (χ2v) is 4.78. The Bertz CT molecular complexity index is 229. The predicted octanol–water partition coefficient (Wildman–Crippen LogP) is 3.12. The first-order chi connectivity index (χ1) is 6.27. The Morgan fingerprint density at radius 1 is 1.46 bits per heavy atom. The molecule has 0 aliphatic carbocycles. The minimum atomic E-state index is 1.08. The van der Waals surface area contributed by atoms with Crippen molar-refractivity contribution in [2.75, 3.05) is 6.54 Å². The first-order valence-electron chi connectivity index (χ1n) is 5.06. The summed E-state index contributed by atoms with van der Waals surface area (Å²) in [7, 11) is 0. The van der Waals surface area contributed by atoms with Crippen LogP contribution in [0.4, 0.5) is 0 Å². The van der Waals surface area contributed by atoms with E-state index in [-0.39, 0.29) is 0 Å². The van der Waals surface area contributed by atoms with Gasteiger partial charge in [-0.1, -0.05) is 20.3 Å². The van der Waals surface area contributed by atoms with E-state index in [9.17, 15) is 0 Å². The molecule has 2 heterocycles. The molecule has 0 amide bonds. The van der Waals surface area contributed by atoms with Crippen molar-refractivity contribution < 1.29 is 0 Å². The molecule has 74 valence electrons. The van der Waals surface area contributed by atoms with Gasteiger partial charge in [-0.05, 0) is 25.0 Å². The minimum absolute atomic E-state index is 1.08. The lowest BCUT2D eigenvalue weighted by molar-refractivity contribution is 0.653. The molecule has 1 aliphatic heterocycles. The lowest BCUT2D eigenvalue weighted by Gasteiger charge is -2.10. The summed E-state index contributed by atoms with van der Waals surface area (Å²) in [6.07, 6.45) is 2.48. The van der Waals surface area contributed by atoms with Gasteiger partial charge in [-0.15, -0.1) is 11.3 Å². The van der Waals surface area contributed by atoms with E-state index in [1.54, 1.807) is 4.88 Å². The van der Waals surface area contributed by atoms with Crippen LogP contribution < -0.4 is 5.32 Å². The van der Waals surface area contributed by atoms with Gasteiger partial charge in [0.15, 0.2) is 0 Å². The van der Waals surface area contributed by atoms with Crippen LogP contribution in [0.2, 0.25) is 0 Å². The molecule has 0 atom stereocenters. The van der Waals surface area contributed by atoms with Gasteiger partial charge in [0.05, 0.1) is 0 Å². The highest BCUT2D eigenvalue weighted by Gasteiger charge is 2.09. The van der Waals surface area contributed by atoms with Gasteiger partial charge in [-0.25, -0.2) is 0 Å². The van der Waals surface area contributed by atoms with E-state index < -0.39 is 0 Å². The maximum atomic E-state index is 3.36. The Labute approximate surface area is 85.2 Å². The van der Waals surface area contributed by atoms with Gasteiger partial charge in [-0.3, -0.25) is 0 Å². The molecule has 2 heteroatoms. The second kappa shape index (κ2) is 5.40. The number of fused-ring (bicyclic) bond motifs is 1. The van der Waals surface area contributed by atoms with Crippen molar-refractivity contribution in [1.29, 1.82) is 0 Å². The highest BCUT2D eigenvalue weighted by Crippen LogP contribution is 2.23. The number of hydrogen-bond acceptors (Lipinski definition) is 2. The molecule has 1 aromatic rings. The molecular formula is C11H19NS. The standard InChI is InChI=1S/C8H11NS.C3H8/c1-6-4-7-5-9-3-2-8(7)10-6;1-3-2/h4,9H,2-3,5H2,1H3;3H2,1-2H3. The number of aryl methyl sites for hydroxylation is 1. The van der Waals surface area contributed by atoms with Crippen molar-refractivity contribution in [3.05, 3.63) is 21.4 Å². The first-order valence-corrected chi connectivity index (χ1v) is 5.88. The van der Waals surface area contributed by atoms with Crippen molar-refractivity contribution in [1.82, 2.24) is 5.32 Å². The molecule has 0 saturated heterocycles. The lowest BCUT2D eigenvalue weighted by atomic mass is 10.1. The molecule has 0 bridgehead atoms. The zero-order valence-electron chi connectivity index (χ0n) is 8.81. The van der Waals surface area contributed by atoms with E-state index in [1.165, 1.54) is 23.3 Å². The van der Waals surface area contributed by atoms with Gasteiger partial charge in [-0.2, -0.15) is 0 Å². The Balaban J connectivity index is 0.000000251. The molecule has 1 aliphatic rings. The lowest BCUT2D eigenvalue weighted by Crippen LogP contribution is -2.21. The van der Waals surface area contributed by atoms with E-state index in [1.807, 2.05) is 11.3 Å². The summed E-state index contributed by atoms with van der Waals surface area (Å²) < 4.78 is 0. The number of thiophene rings is 1. The number of hydrogen-bond donors (Lipinski definition) is 1. The third kappa shape index (κ3) is 3.12. The van der Waals surface area contributed by atoms with Crippen LogP contribution in [-0.4, -0.2) is 6.54 Å². The van der Waals surface area contributed by atoms with E-state index in [0.717, 1.165) is 13.1 Å². The molecule has 2 rings (SSSR count). The number of rotatable bonds is 0. The molecule has 1 aromatic heterocycles. The predicted molar refractivity (Wildman–Crippen MR) is 60.4 cm³/mol. The smallest absolute Gasteiger partial charge is 0.0216 e. The zero-order chi connectivity index (χ0) is 9.68. The highest BCUT2D eigenvalue weighted by atomic mass is 32.1. The fraction of sp³-hybridized carbons (Fsp3) is 0.636. The summed E-state index contributed by atoms with van der Waals surface area (Å²) in [6.45, 7) is 8.68. The Morgan fingerprint density at radius 2 is 2.15 bits per heavy atom. The largest absolute Gasteiger partial charge is 0.312 e. The monoisotopic (exact) mass is 197 g/mol. The fourth-order valence-corrected chi connectivity index (χ4v) is 2.46.